The van der Waals surface area contributed by atoms with Crippen molar-refractivity contribution in [2.75, 3.05) is 19.8 Å². The molecule has 2 rings (SSSR count). The molecule has 0 spiro atoms. The topological polar surface area (TPSA) is 77.0 Å². The van der Waals surface area contributed by atoms with Crippen molar-refractivity contribution in [2.24, 2.45) is 5.73 Å². The molecule has 0 bridgehead atoms. The van der Waals surface area contributed by atoms with Crippen LogP contribution in [0.4, 0.5) is 0 Å². The Bertz CT molecular complexity index is 641. The van der Waals surface area contributed by atoms with Crippen molar-refractivity contribution in [3.63, 3.8) is 0 Å². The third-order valence-corrected chi connectivity index (χ3v) is 4.57. The highest BCUT2D eigenvalue weighted by molar-refractivity contribution is 7.99. The molecule has 2 aromatic rings. The fraction of sp³-hybridized carbons (Fsp3) is 0.438. The molecule has 6 nitrogen and oxygen atoms in total. The summed E-state index contributed by atoms with van der Waals surface area (Å²) in [7, 11) is 4.07. The first-order valence-corrected chi connectivity index (χ1v) is 8.56. The molecule has 1 aromatic heterocycles. The first-order valence-electron chi connectivity index (χ1n) is 7.57. The molecule has 1 atom stereocenters. The zero-order chi connectivity index (χ0) is 16.8. The molecule has 7 heteroatoms. The maximum absolute atomic E-state index is 11.1. The van der Waals surface area contributed by atoms with Gasteiger partial charge >= 0.3 is 0 Å². The molecule has 0 aliphatic heterocycles. The minimum absolute atomic E-state index is 0.175. The smallest absolute Gasteiger partial charge is 0.227 e. The standard InChI is InChI=1S/C16H23N5OS/c1-4-13(20(2)3)15-18-19-16(23-11-14(17)22)21(15)10-12-8-6-5-7-9-12/h5-9,13H,4,10-11H2,1-3H3,(H2,17,22)/t13-/m0/s1. The van der Waals surface area contributed by atoms with Crippen LogP contribution in [-0.2, 0) is 11.3 Å². The van der Waals surface area contributed by atoms with E-state index < -0.39 is 0 Å². The predicted molar refractivity (Wildman–Crippen MR) is 92.2 cm³/mol. The maximum Gasteiger partial charge on any atom is 0.227 e. The van der Waals surface area contributed by atoms with Crippen molar-refractivity contribution in [2.45, 2.75) is 31.1 Å². The van der Waals surface area contributed by atoms with E-state index in [1.54, 1.807) is 0 Å². The first kappa shape index (κ1) is 17.5. The lowest BCUT2D eigenvalue weighted by Crippen LogP contribution is -2.23. The summed E-state index contributed by atoms with van der Waals surface area (Å²) in [5.74, 6) is 0.755. The molecule has 0 unspecified atom stereocenters. The lowest BCUT2D eigenvalue weighted by molar-refractivity contribution is -0.115. The van der Waals surface area contributed by atoms with Crippen LogP contribution in [0, 0.1) is 0 Å². The average molecular weight is 333 g/mol. The molecule has 0 aliphatic carbocycles. The number of aromatic nitrogens is 3. The quantitative estimate of drug-likeness (QED) is 0.747. The van der Waals surface area contributed by atoms with E-state index in [9.17, 15) is 4.79 Å². The number of benzene rings is 1. The van der Waals surface area contributed by atoms with E-state index in [4.69, 9.17) is 5.73 Å². The second-order valence-corrected chi connectivity index (χ2v) is 6.50. The molecule has 0 radical (unpaired) electrons. The largest absolute Gasteiger partial charge is 0.369 e. The Balaban J connectivity index is 2.36. The van der Waals surface area contributed by atoms with Crippen LogP contribution in [0.15, 0.2) is 35.5 Å². The van der Waals surface area contributed by atoms with E-state index in [1.165, 1.54) is 17.3 Å². The van der Waals surface area contributed by atoms with Gasteiger partial charge in [-0.25, -0.2) is 0 Å². The van der Waals surface area contributed by atoms with E-state index in [0.29, 0.717) is 6.54 Å². The summed E-state index contributed by atoms with van der Waals surface area (Å²) in [6.07, 6.45) is 0.931. The molecule has 0 saturated carbocycles. The lowest BCUT2D eigenvalue weighted by atomic mass is 10.2. The second kappa shape index (κ2) is 8.12. The Kier molecular flexibility index (Phi) is 6.18. The summed E-state index contributed by atoms with van der Waals surface area (Å²) in [6.45, 7) is 2.80. The Morgan fingerprint density at radius 3 is 2.57 bits per heavy atom. The van der Waals surface area contributed by atoms with Crippen LogP contribution in [0.1, 0.15) is 30.8 Å². The van der Waals surface area contributed by atoms with Crippen LogP contribution in [-0.4, -0.2) is 45.4 Å². The number of primary amides is 1. The van der Waals surface area contributed by atoms with Gasteiger partial charge in [0.25, 0.3) is 0 Å². The van der Waals surface area contributed by atoms with Crippen LogP contribution in [0.25, 0.3) is 0 Å². The van der Waals surface area contributed by atoms with Crippen molar-refractivity contribution in [3.8, 4) is 0 Å². The lowest BCUT2D eigenvalue weighted by Gasteiger charge is -2.23. The first-order chi connectivity index (χ1) is 11.0. The molecule has 2 N–H and O–H groups in total. The van der Waals surface area contributed by atoms with Gasteiger partial charge in [-0.05, 0) is 26.1 Å². The number of hydrogen-bond donors (Lipinski definition) is 1. The Hall–Kier alpha value is -1.86. The van der Waals surface area contributed by atoms with Crippen molar-refractivity contribution < 1.29 is 4.79 Å². The van der Waals surface area contributed by atoms with Gasteiger partial charge < -0.3 is 10.3 Å². The van der Waals surface area contributed by atoms with Crippen LogP contribution in [0.3, 0.4) is 0 Å². The van der Waals surface area contributed by atoms with Gasteiger partial charge in [-0.2, -0.15) is 0 Å². The highest BCUT2D eigenvalue weighted by Crippen LogP contribution is 2.26. The van der Waals surface area contributed by atoms with Gasteiger partial charge in [0.05, 0.1) is 18.3 Å². The number of rotatable bonds is 8. The molecular formula is C16H23N5OS. The van der Waals surface area contributed by atoms with E-state index in [0.717, 1.165) is 17.4 Å². The van der Waals surface area contributed by atoms with Gasteiger partial charge in [0.15, 0.2) is 11.0 Å². The molecule has 23 heavy (non-hydrogen) atoms. The van der Waals surface area contributed by atoms with Gasteiger partial charge in [-0.3, -0.25) is 9.69 Å². The van der Waals surface area contributed by atoms with Crippen molar-refractivity contribution in [1.29, 1.82) is 0 Å². The summed E-state index contributed by atoms with van der Waals surface area (Å²) in [6, 6.07) is 10.3. The number of carbonyl (C=O) groups is 1. The third kappa shape index (κ3) is 4.56. The van der Waals surface area contributed by atoms with Crippen LogP contribution in [0.2, 0.25) is 0 Å². The monoisotopic (exact) mass is 333 g/mol. The highest BCUT2D eigenvalue weighted by atomic mass is 32.2. The minimum atomic E-state index is -0.356. The third-order valence-electron chi connectivity index (χ3n) is 3.58. The van der Waals surface area contributed by atoms with E-state index in [2.05, 4.69) is 38.7 Å². The van der Waals surface area contributed by atoms with Gasteiger partial charge in [0.1, 0.15) is 0 Å². The number of carbonyl (C=O) groups excluding carboxylic acids is 1. The minimum Gasteiger partial charge on any atom is -0.369 e. The van der Waals surface area contributed by atoms with Crippen LogP contribution >= 0.6 is 11.8 Å². The zero-order valence-corrected chi connectivity index (χ0v) is 14.6. The molecule has 1 amide bonds. The van der Waals surface area contributed by atoms with Gasteiger partial charge in [-0.15, -0.1) is 10.2 Å². The Morgan fingerprint density at radius 2 is 2.00 bits per heavy atom. The molecule has 0 fully saturated rings. The normalized spacial score (nSPS) is 12.5. The fourth-order valence-corrected chi connectivity index (χ4v) is 3.17. The molecule has 0 saturated heterocycles. The van der Waals surface area contributed by atoms with E-state index >= 15 is 0 Å². The average Bonchev–Trinajstić information content (AvgIpc) is 2.89. The molecule has 124 valence electrons. The number of thioether (sulfide) groups is 1. The zero-order valence-electron chi connectivity index (χ0n) is 13.8. The molecule has 0 aliphatic rings. The maximum atomic E-state index is 11.1. The van der Waals surface area contributed by atoms with E-state index in [1.807, 2.05) is 32.3 Å². The van der Waals surface area contributed by atoms with Crippen molar-refractivity contribution >= 4 is 17.7 Å². The van der Waals surface area contributed by atoms with Crippen LogP contribution in [0.5, 0.6) is 0 Å². The number of amides is 1. The summed E-state index contributed by atoms with van der Waals surface area (Å²) in [4.78, 5) is 13.2. The number of nitrogens with zero attached hydrogens (tertiary/aromatic N) is 4. The summed E-state index contributed by atoms with van der Waals surface area (Å²) >= 11 is 1.33. The van der Waals surface area contributed by atoms with E-state index in [-0.39, 0.29) is 17.7 Å². The summed E-state index contributed by atoms with van der Waals surface area (Å²) < 4.78 is 2.08. The molecular weight excluding hydrogens is 310 g/mol. The molecule has 1 heterocycles. The number of nitrogens with two attached hydrogens (primary N) is 1. The second-order valence-electron chi connectivity index (χ2n) is 5.56. The SMILES string of the molecule is CC[C@@H](c1nnc(SCC(N)=O)n1Cc1ccccc1)N(C)C. The van der Waals surface area contributed by atoms with Crippen molar-refractivity contribution in [1.82, 2.24) is 19.7 Å². The van der Waals surface area contributed by atoms with Gasteiger partial charge in [0, 0.05) is 0 Å². The summed E-state index contributed by atoms with van der Waals surface area (Å²) in [5, 5.41) is 9.38. The van der Waals surface area contributed by atoms with Crippen LogP contribution < -0.4 is 5.73 Å². The van der Waals surface area contributed by atoms with Crippen molar-refractivity contribution in [3.05, 3.63) is 41.7 Å². The Morgan fingerprint density at radius 1 is 1.30 bits per heavy atom. The fourth-order valence-electron chi connectivity index (χ4n) is 2.48. The van der Waals surface area contributed by atoms with Gasteiger partial charge in [-0.1, -0.05) is 49.0 Å². The Labute approximate surface area is 141 Å². The van der Waals surface area contributed by atoms with Gasteiger partial charge in [0.2, 0.25) is 5.91 Å². The predicted octanol–water partition coefficient (Wildman–Crippen LogP) is 1.92. The molecule has 1 aromatic carbocycles. The highest BCUT2D eigenvalue weighted by Gasteiger charge is 2.22. The number of hydrogen-bond acceptors (Lipinski definition) is 5. The summed E-state index contributed by atoms with van der Waals surface area (Å²) in [5.41, 5.74) is 6.43.